The second-order valence-electron chi connectivity index (χ2n) is 6.69. The highest BCUT2D eigenvalue weighted by Gasteiger charge is 2.17. The topological polar surface area (TPSA) is 74.4 Å². The molecule has 0 aliphatic rings. The van der Waals surface area contributed by atoms with E-state index in [0.29, 0.717) is 22.9 Å². The van der Waals surface area contributed by atoms with Crippen molar-refractivity contribution < 1.29 is 14.3 Å². The molecule has 4 rings (SSSR count). The molecule has 1 heterocycles. The minimum atomic E-state index is -0.428. The monoisotopic (exact) mass is 384 g/mol. The molecule has 0 aliphatic heterocycles. The number of anilines is 1. The normalized spacial score (nSPS) is 10.7. The van der Waals surface area contributed by atoms with Gasteiger partial charge in [-0.1, -0.05) is 36.4 Å². The van der Waals surface area contributed by atoms with Gasteiger partial charge in [0.15, 0.2) is 0 Å². The predicted octanol–water partition coefficient (Wildman–Crippen LogP) is 5.02. The number of hydrogen-bond acceptors (Lipinski definition) is 5. The number of nitrogens with zero attached hydrogens (tertiary/aromatic N) is 1. The molecule has 2 N–H and O–H groups in total. The molecule has 0 fully saturated rings. The molecule has 0 radical (unpaired) electrons. The molecule has 144 valence electrons. The van der Waals surface area contributed by atoms with Crippen molar-refractivity contribution in [2.24, 2.45) is 0 Å². The third-order valence-corrected chi connectivity index (χ3v) is 4.83. The van der Waals surface area contributed by atoms with E-state index in [1.807, 2.05) is 43.3 Å². The molecule has 0 aliphatic carbocycles. The second-order valence-corrected chi connectivity index (χ2v) is 6.69. The smallest absolute Gasteiger partial charge is 0.343 e. The molecule has 0 saturated carbocycles. The fraction of sp³-hybridized carbons (Fsp3) is 0.0833. The Bertz CT molecular complexity index is 1200. The van der Waals surface area contributed by atoms with Crippen LogP contribution in [0.2, 0.25) is 0 Å². The first-order valence-electron chi connectivity index (χ1n) is 9.18. The van der Waals surface area contributed by atoms with E-state index in [1.165, 1.54) is 0 Å². The van der Waals surface area contributed by atoms with Gasteiger partial charge in [0, 0.05) is 28.2 Å². The predicted molar refractivity (Wildman–Crippen MR) is 114 cm³/mol. The van der Waals surface area contributed by atoms with Crippen molar-refractivity contribution in [3.05, 3.63) is 84.1 Å². The number of carbonyl (C=O) groups excluding carboxylic acids is 1. The van der Waals surface area contributed by atoms with Crippen LogP contribution in [0.25, 0.3) is 21.9 Å². The summed E-state index contributed by atoms with van der Waals surface area (Å²) in [7, 11) is 1.56. The van der Waals surface area contributed by atoms with Crippen molar-refractivity contribution in [2.75, 3.05) is 12.8 Å². The molecule has 3 aromatic carbocycles. The van der Waals surface area contributed by atoms with Gasteiger partial charge in [-0.3, -0.25) is 0 Å². The number of fused-ring (bicyclic) bond motifs is 1. The molecule has 0 unspecified atom stereocenters. The highest BCUT2D eigenvalue weighted by Crippen LogP contribution is 2.39. The van der Waals surface area contributed by atoms with Gasteiger partial charge in [-0.15, -0.1) is 0 Å². The highest BCUT2D eigenvalue weighted by molar-refractivity contribution is 6.05. The van der Waals surface area contributed by atoms with E-state index in [9.17, 15) is 4.79 Å². The molecule has 4 aromatic rings. The van der Waals surface area contributed by atoms with Crippen LogP contribution in [0.15, 0.2) is 72.9 Å². The SMILES string of the molecule is COc1ncc(-c2ccc(C)c(N)c2)c2c(OC(=O)c3ccccc3)cccc12. The van der Waals surface area contributed by atoms with Gasteiger partial charge in [0.2, 0.25) is 5.88 Å². The Morgan fingerprint density at radius 3 is 2.52 bits per heavy atom. The highest BCUT2D eigenvalue weighted by atomic mass is 16.5. The summed E-state index contributed by atoms with van der Waals surface area (Å²) in [5.41, 5.74) is 9.98. The van der Waals surface area contributed by atoms with Gasteiger partial charge < -0.3 is 15.2 Å². The van der Waals surface area contributed by atoms with Crippen molar-refractivity contribution in [3.63, 3.8) is 0 Å². The average Bonchev–Trinajstić information content (AvgIpc) is 2.75. The summed E-state index contributed by atoms with van der Waals surface area (Å²) in [4.78, 5) is 17.1. The number of hydrogen-bond donors (Lipinski definition) is 1. The summed E-state index contributed by atoms with van der Waals surface area (Å²) < 4.78 is 11.2. The van der Waals surface area contributed by atoms with Crippen LogP contribution in [0.3, 0.4) is 0 Å². The number of rotatable bonds is 4. The molecule has 0 spiro atoms. The molecule has 0 atom stereocenters. The maximum absolute atomic E-state index is 12.7. The molecule has 29 heavy (non-hydrogen) atoms. The Morgan fingerprint density at radius 1 is 1.00 bits per heavy atom. The maximum atomic E-state index is 12.7. The van der Waals surface area contributed by atoms with Crippen LogP contribution >= 0.6 is 0 Å². The third kappa shape index (κ3) is 3.50. The number of methoxy groups -OCH3 is 1. The Hall–Kier alpha value is -3.86. The number of benzene rings is 3. The van der Waals surface area contributed by atoms with Crippen molar-refractivity contribution >= 4 is 22.4 Å². The number of aromatic nitrogens is 1. The lowest BCUT2D eigenvalue weighted by Crippen LogP contribution is -2.08. The summed E-state index contributed by atoms with van der Waals surface area (Å²) >= 11 is 0. The van der Waals surface area contributed by atoms with E-state index >= 15 is 0 Å². The van der Waals surface area contributed by atoms with Crippen LogP contribution < -0.4 is 15.2 Å². The van der Waals surface area contributed by atoms with Crippen molar-refractivity contribution in [1.29, 1.82) is 0 Å². The molecular formula is C24H20N2O3. The minimum absolute atomic E-state index is 0.428. The van der Waals surface area contributed by atoms with Gasteiger partial charge in [0.05, 0.1) is 12.7 Å². The summed E-state index contributed by atoms with van der Waals surface area (Å²) in [5, 5.41) is 1.49. The van der Waals surface area contributed by atoms with Crippen LogP contribution in [-0.4, -0.2) is 18.1 Å². The van der Waals surface area contributed by atoms with Gasteiger partial charge in [-0.25, -0.2) is 9.78 Å². The number of esters is 1. The molecule has 5 heteroatoms. The van der Waals surface area contributed by atoms with Crippen LogP contribution in [0.5, 0.6) is 11.6 Å². The quantitative estimate of drug-likeness (QED) is 0.304. The van der Waals surface area contributed by atoms with Gasteiger partial charge in [0.1, 0.15) is 5.75 Å². The number of carbonyl (C=O) groups is 1. The molecular weight excluding hydrogens is 364 g/mol. The average molecular weight is 384 g/mol. The summed E-state index contributed by atoms with van der Waals surface area (Å²) in [5.74, 6) is 0.468. The molecule has 0 amide bonds. The molecule has 1 aromatic heterocycles. The number of ether oxygens (including phenoxy) is 2. The standard InChI is InChI=1S/C24H20N2O3/c1-15-11-12-17(13-20(15)25)19-14-26-23(28-2)18-9-6-10-21(22(18)19)29-24(27)16-7-4-3-5-8-16/h3-14H,25H2,1-2H3. The number of aryl methyl sites for hydroxylation is 1. The van der Waals surface area contributed by atoms with Crippen LogP contribution in [-0.2, 0) is 0 Å². The minimum Gasteiger partial charge on any atom is -0.481 e. The lowest BCUT2D eigenvalue weighted by atomic mass is 9.98. The largest absolute Gasteiger partial charge is 0.481 e. The Morgan fingerprint density at radius 2 is 1.79 bits per heavy atom. The summed E-state index contributed by atoms with van der Waals surface area (Å²) in [6, 6.07) is 20.2. The summed E-state index contributed by atoms with van der Waals surface area (Å²) in [6.07, 6.45) is 1.71. The van der Waals surface area contributed by atoms with Crippen LogP contribution in [0, 0.1) is 6.92 Å². The van der Waals surface area contributed by atoms with E-state index < -0.39 is 5.97 Å². The second kappa shape index (κ2) is 7.64. The van der Waals surface area contributed by atoms with Crippen LogP contribution in [0.4, 0.5) is 5.69 Å². The van der Waals surface area contributed by atoms with Crippen LogP contribution in [0.1, 0.15) is 15.9 Å². The Balaban J connectivity index is 1.90. The van der Waals surface area contributed by atoms with E-state index in [4.69, 9.17) is 15.2 Å². The molecule has 5 nitrogen and oxygen atoms in total. The first-order valence-corrected chi connectivity index (χ1v) is 9.18. The van der Waals surface area contributed by atoms with Crippen molar-refractivity contribution in [1.82, 2.24) is 4.98 Å². The van der Waals surface area contributed by atoms with Crippen molar-refractivity contribution in [3.8, 4) is 22.8 Å². The Kier molecular flexibility index (Phi) is 4.87. The first-order chi connectivity index (χ1) is 14.1. The lowest BCUT2D eigenvalue weighted by Gasteiger charge is -2.14. The lowest BCUT2D eigenvalue weighted by molar-refractivity contribution is 0.0737. The van der Waals surface area contributed by atoms with E-state index in [-0.39, 0.29) is 0 Å². The Labute approximate surface area is 168 Å². The van der Waals surface area contributed by atoms with Gasteiger partial charge >= 0.3 is 5.97 Å². The number of pyridine rings is 1. The van der Waals surface area contributed by atoms with Crippen molar-refractivity contribution in [2.45, 2.75) is 6.92 Å². The number of nitrogen functional groups attached to an aromatic ring is 1. The van der Waals surface area contributed by atoms with E-state index in [0.717, 1.165) is 27.5 Å². The maximum Gasteiger partial charge on any atom is 0.343 e. The van der Waals surface area contributed by atoms with E-state index in [1.54, 1.807) is 43.6 Å². The zero-order chi connectivity index (χ0) is 20.4. The molecule has 0 saturated heterocycles. The first kappa shape index (κ1) is 18.5. The number of nitrogens with two attached hydrogens (primary N) is 1. The van der Waals surface area contributed by atoms with Gasteiger partial charge in [0.25, 0.3) is 0 Å². The molecule has 0 bridgehead atoms. The van der Waals surface area contributed by atoms with Gasteiger partial charge in [-0.2, -0.15) is 0 Å². The fourth-order valence-corrected chi connectivity index (χ4v) is 3.25. The summed E-state index contributed by atoms with van der Waals surface area (Å²) in [6.45, 7) is 1.95. The van der Waals surface area contributed by atoms with E-state index in [2.05, 4.69) is 4.98 Å². The fourth-order valence-electron chi connectivity index (χ4n) is 3.25. The third-order valence-electron chi connectivity index (χ3n) is 4.83. The zero-order valence-electron chi connectivity index (χ0n) is 16.2. The van der Waals surface area contributed by atoms with Gasteiger partial charge in [-0.05, 0) is 48.4 Å². The zero-order valence-corrected chi connectivity index (χ0v) is 16.2.